The van der Waals surface area contributed by atoms with Gasteiger partial charge < -0.3 is 16.4 Å². The van der Waals surface area contributed by atoms with Gasteiger partial charge in [0.2, 0.25) is 11.8 Å². The molecule has 2 amide bonds. The Balaban J connectivity index is 2.01. The third kappa shape index (κ3) is 5.70. The standard InChI is InChI=1S/C11H21N3O2/c12-10(15)1-2-11(16)14-8-5-9-3-6-13-7-4-9/h9,13H,1-8H2,(H2,12,15)(H,14,16). The van der Waals surface area contributed by atoms with Gasteiger partial charge in [-0.15, -0.1) is 0 Å². The highest BCUT2D eigenvalue weighted by Crippen LogP contribution is 2.14. The summed E-state index contributed by atoms with van der Waals surface area (Å²) in [7, 11) is 0. The van der Waals surface area contributed by atoms with Gasteiger partial charge in [0.1, 0.15) is 0 Å². The second kappa shape index (κ2) is 7.22. The second-order valence-corrected chi connectivity index (χ2v) is 4.30. The van der Waals surface area contributed by atoms with Crippen LogP contribution in [0.25, 0.3) is 0 Å². The lowest BCUT2D eigenvalue weighted by molar-refractivity contribution is -0.125. The number of hydrogen-bond donors (Lipinski definition) is 3. The highest BCUT2D eigenvalue weighted by atomic mass is 16.2. The molecular weight excluding hydrogens is 206 g/mol. The number of hydrogen-bond acceptors (Lipinski definition) is 3. The van der Waals surface area contributed by atoms with Gasteiger partial charge in [0, 0.05) is 19.4 Å². The molecule has 0 spiro atoms. The smallest absolute Gasteiger partial charge is 0.220 e. The lowest BCUT2D eigenvalue weighted by atomic mass is 9.95. The fourth-order valence-electron chi connectivity index (χ4n) is 1.91. The van der Waals surface area contributed by atoms with Crippen molar-refractivity contribution in [1.29, 1.82) is 0 Å². The van der Waals surface area contributed by atoms with Crippen LogP contribution in [0.3, 0.4) is 0 Å². The predicted molar refractivity (Wildman–Crippen MR) is 61.6 cm³/mol. The molecule has 5 heteroatoms. The summed E-state index contributed by atoms with van der Waals surface area (Å²) < 4.78 is 0. The molecule has 0 unspecified atom stereocenters. The minimum absolute atomic E-state index is 0.0762. The summed E-state index contributed by atoms with van der Waals surface area (Å²) in [6.07, 6.45) is 3.76. The van der Waals surface area contributed by atoms with E-state index in [1.165, 1.54) is 12.8 Å². The molecule has 1 aliphatic rings. The maximum absolute atomic E-state index is 11.3. The van der Waals surface area contributed by atoms with Gasteiger partial charge in [-0.1, -0.05) is 0 Å². The lowest BCUT2D eigenvalue weighted by Gasteiger charge is -2.22. The van der Waals surface area contributed by atoms with E-state index in [-0.39, 0.29) is 18.7 Å². The number of primary amides is 1. The van der Waals surface area contributed by atoms with Gasteiger partial charge in [-0.2, -0.15) is 0 Å². The third-order valence-electron chi connectivity index (χ3n) is 2.93. The molecule has 0 aromatic rings. The van der Waals surface area contributed by atoms with E-state index in [1.807, 2.05) is 0 Å². The lowest BCUT2D eigenvalue weighted by Crippen LogP contribution is -2.31. The Morgan fingerprint density at radius 2 is 1.94 bits per heavy atom. The summed E-state index contributed by atoms with van der Waals surface area (Å²) in [6, 6.07) is 0. The van der Waals surface area contributed by atoms with E-state index in [2.05, 4.69) is 10.6 Å². The Hall–Kier alpha value is -1.10. The van der Waals surface area contributed by atoms with Gasteiger partial charge in [-0.25, -0.2) is 0 Å². The molecule has 0 aromatic heterocycles. The zero-order valence-electron chi connectivity index (χ0n) is 9.63. The zero-order valence-corrected chi connectivity index (χ0v) is 9.63. The van der Waals surface area contributed by atoms with E-state index in [4.69, 9.17) is 5.73 Å². The molecule has 1 heterocycles. The van der Waals surface area contributed by atoms with Crippen LogP contribution in [-0.2, 0) is 9.59 Å². The summed E-state index contributed by atoms with van der Waals surface area (Å²) in [4.78, 5) is 21.7. The maximum atomic E-state index is 11.3. The molecule has 0 atom stereocenters. The first-order valence-electron chi connectivity index (χ1n) is 5.94. The van der Waals surface area contributed by atoms with Gasteiger partial charge in [0.15, 0.2) is 0 Å². The fraction of sp³-hybridized carbons (Fsp3) is 0.818. The Bertz CT molecular complexity index is 237. The predicted octanol–water partition coefficient (Wildman–Crippen LogP) is -0.242. The first-order chi connectivity index (χ1) is 7.68. The van der Waals surface area contributed by atoms with Crippen LogP contribution in [0.15, 0.2) is 0 Å². The monoisotopic (exact) mass is 227 g/mol. The fourth-order valence-corrected chi connectivity index (χ4v) is 1.91. The van der Waals surface area contributed by atoms with Gasteiger partial charge in [-0.05, 0) is 38.3 Å². The van der Waals surface area contributed by atoms with Crippen molar-refractivity contribution in [2.45, 2.75) is 32.1 Å². The molecular formula is C11H21N3O2. The molecule has 1 rings (SSSR count). The van der Waals surface area contributed by atoms with Crippen LogP contribution in [-0.4, -0.2) is 31.4 Å². The number of carbonyl (C=O) groups excluding carboxylic acids is 2. The van der Waals surface area contributed by atoms with Crippen LogP contribution in [0, 0.1) is 5.92 Å². The highest BCUT2D eigenvalue weighted by Gasteiger charge is 2.12. The highest BCUT2D eigenvalue weighted by molar-refractivity contribution is 5.82. The van der Waals surface area contributed by atoms with Crippen LogP contribution >= 0.6 is 0 Å². The van der Waals surface area contributed by atoms with Crippen LogP contribution in [0.5, 0.6) is 0 Å². The summed E-state index contributed by atoms with van der Waals surface area (Å²) in [5.41, 5.74) is 4.96. The average Bonchev–Trinajstić information content (AvgIpc) is 2.28. The summed E-state index contributed by atoms with van der Waals surface area (Å²) in [6.45, 7) is 2.88. The van der Waals surface area contributed by atoms with Gasteiger partial charge >= 0.3 is 0 Å². The first kappa shape index (κ1) is 13.0. The van der Waals surface area contributed by atoms with E-state index in [1.54, 1.807) is 0 Å². The average molecular weight is 227 g/mol. The topological polar surface area (TPSA) is 84.2 Å². The minimum Gasteiger partial charge on any atom is -0.370 e. The number of nitrogens with one attached hydrogen (secondary N) is 2. The van der Waals surface area contributed by atoms with Gasteiger partial charge in [-0.3, -0.25) is 9.59 Å². The van der Waals surface area contributed by atoms with Gasteiger partial charge in [0.25, 0.3) is 0 Å². The Morgan fingerprint density at radius 3 is 2.56 bits per heavy atom. The summed E-state index contributed by atoms with van der Waals surface area (Å²) in [5.74, 6) is 0.221. The van der Waals surface area contributed by atoms with E-state index in [0.717, 1.165) is 25.4 Å². The van der Waals surface area contributed by atoms with E-state index < -0.39 is 5.91 Å². The number of nitrogens with two attached hydrogens (primary N) is 1. The number of piperidine rings is 1. The van der Waals surface area contributed by atoms with Crippen molar-refractivity contribution in [3.63, 3.8) is 0 Å². The maximum Gasteiger partial charge on any atom is 0.220 e. The van der Waals surface area contributed by atoms with Crippen molar-refractivity contribution < 1.29 is 9.59 Å². The van der Waals surface area contributed by atoms with Crippen molar-refractivity contribution in [3.8, 4) is 0 Å². The normalized spacial score (nSPS) is 17.0. The van der Waals surface area contributed by atoms with E-state index in [0.29, 0.717) is 6.54 Å². The molecule has 0 aromatic carbocycles. The van der Waals surface area contributed by atoms with Crippen LogP contribution in [0.2, 0.25) is 0 Å². The minimum atomic E-state index is -0.423. The quantitative estimate of drug-likeness (QED) is 0.585. The molecule has 1 fully saturated rings. The van der Waals surface area contributed by atoms with E-state index in [9.17, 15) is 9.59 Å². The van der Waals surface area contributed by atoms with Crippen LogP contribution in [0.4, 0.5) is 0 Å². The van der Waals surface area contributed by atoms with Crippen molar-refractivity contribution in [1.82, 2.24) is 10.6 Å². The summed E-state index contributed by atoms with van der Waals surface area (Å²) >= 11 is 0. The third-order valence-corrected chi connectivity index (χ3v) is 2.93. The SMILES string of the molecule is NC(=O)CCC(=O)NCCC1CCNCC1. The number of amides is 2. The Morgan fingerprint density at radius 1 is 1.25 bits per heavy atom. The molecule has 0 saturated carbocycles. The largest absolute Gasteiger partial charge is 0.370 e. The van der Waals surface area contributed by atoms with Gasteiger partial charge in [0.05, 0.1) is 0 Å². The van der Waals surface area contributed by atoms with Crippen molar-refractivity contribution in [2.24, 2.45) is 11.7 Å². The second-order valence-electron chi connectivity index (χ2n) is 4.30. The molecule has 0 aliphatic carbocycles. The number of carbonyl (C=O) groups is 2. The van der Waals surface area contributed by atoms with Crippen molar-refractivity contribution in [3.05, 3.63) is 0 Å². The zero-order chi connectivity index (χ0) is 11.8. The molecule has 0 radical (unpaired) electrons. The molecule has 0 bridgehead atoms. The van der Waals surface area contributed by atoms with Crippen LogP contribution < -0.4 is 16.4 Å². The Kier molecular flexibility index (Phi) is 5.85. The van der Waals surface area contributed by atoms with Crippen molar-refractivity contribution in [2.75, 3.05) is 19.6 Å². The van der Waals surface area contributed by atoms with E-state index >= 15 is 0 Å². The molecule has 92 valence electrons. The molecule has 16 heavy (non-hydrogen) atoms. The first-order valence-corrected chi connectivity index (χ1v) is 5.94. The van der Waals surface area contributed by atoms with Crippen LogP contribution in [0.1, 0.15) is 32.1 Å². The molecule has 1 aliphatic heterocycles. The molecule has 1 saturated heterocycles. The Labute approximate surface area is 96.1 Å². The molecule has 5 nitrogen and oxygen atoms in total. The number of rotatable bonds is 6. The molecule has 4 N–H and O–H groups in total. The summed E-state index contributed by atoms with van der Waals surface area (Å²) in [5, 5.41) is 6.13. The van der Waals surface area contributed by atoms with Crippen molar-refractivity contribution >= 4 is 11.8 Å².